The van der Waals surface area contributed by atoms with Gasteiger partial charge in [0.15, 0.2) is 11.5 Å². The zero-order valence-electron chi connectivity index (χ0n) is 17.3. The minimum absolute atomic E-state index is 0. The van der Waals surface area contributed by atoms with Crippen LogP contribution in [0.3, 0.4) is 0 Å². The molecule has 8 heteroatoms. The van der Waals surface area contributed by atoms with Crippen molar-refractivity contribution in [2.75, 3.05) is 59.0 Å². The van der Waals surface area contributed by atoms with Gasteiger partial charge in [0.1, 0.15) is 0 Å². The first-order chi connectivity index (χ1) is 14.2. The van der Waals surface area contributed by atoms with Crippen LogP contribution >= 0.6 is 12.4 Å². The van der Waals surface area contributed by atoms with E-state index in [1.165, 1.54) is 0 Å². The number of nitrogens with zero attached hydrogens (tertiary/aromatic N) is 3. The lowest BCUT2D eigenvalue weighted by molar-refractivity contribution is -0.132. The molecule has 0 bridgehead atoms. The molecule has 3 heterocycles. The second-order valence-corrected chi connectivity index (χ2v) is 7.78. The smallest absolute Gasteiger partial charge is 0.246 e. The number of rotatable bonds is 4. The number of amides is 2. The monoisotopic (exact) mass is 435 g/mol. The summed E-state index contributed by atoms with van der Waals surface area (Å²) >= 11 is 0. The van der Waals surface area contributed by atoms with Crippen LogP contribution in [0.2, 0.25) is 0 Å². The van der Waals surface area contributed by atoms with Crippen LogP contribution in [0.15, 0.2) is 24.3 Å². The number of hydrogen-bond donors (Lipinski definition) is 0. The van der Waals surface area contributed by atoms with Crippen molar-refractivity contribution >= 4 is 30.3 Å². The number of carbonyl (C=O) groups is 2. The summed E-state index contributed by atoms with van der Waals surface area (Å²) in [6.45, 7) is 6.33. The van der Waals surface area contributed by atoms with E-state index in [1.807, 2.05) is 34.1 Å². The lowest BCUT2D eigenvalue weighted by Crippen LogP contribution is -2.51. The summed E-state index contributed by atoms with van der Waals surface area (Å²) in [5.74, 6) is 1.71. The molecular weight excluding hydrogens is 406 g/mol. The minimum atomic E-state index is 0. The lowest BCUT2D eigenvalue weighted by Gasteiger charge is -2.34. The Kier molecular flexibility index (Phi) is 7.99. The topological polar surface area (TPSA) is 62.3 Å². The summed E-state index contributed by atoms with van der Waals surface area (Å²) in [6.07, 6.45) is 6.53. The Bertz CT molecular complexity index is 772. The summed E-state index contributed by atoms with van der Waals surface area (Å²) < 4.78 is 11.3. The molecule has 2 amide bonds. The second-order valence-electron chi connectivity index (χ2n) is 7.78. The second kappa shape index (κ2) is 10.7. The number of benzene rings is 1. The number of ether oxygens (including phenoxy) is 2. The van der Waals surface area contributed by atoms with Crippen molar-refractivity contribution in [3.63, 3.8) is 0 Å². The van der Waals surface area contributed by atoms with Crippen molar-refractivity contribution < 1.29 is 19.1 Å². The Morgan fingerprint density at radius 3 is 2.30 bits per heavy atom. The van der Waals surface area contributed by atoms with Gasteiger partial charge in [-0.05, 0) is 36.6 Å². The molecule has 0 saturated carbocycles. The maximum Gasteiger partial charge on any atom is 0.246 e. The third-order valence-electron chi connectivity index (χ3n) is 5.69. The molecular formula is C22H30ClN3O4. The standard InChI is InChI=1S/C22H29N3O4.ClH/c26-21(7-5-18-4-6-19-20(16-18)29-15-3-14-28-19)25-12-10-23(11-13-25)17-22(27)24-8-1-2-9-24;/h4-7,16H,1-3,8-15,17H2;1H. The highest BCUT2D eigenvalue weighted by molar-refractivity contribution is 5.92. The van der Waals surface area contributed by atoms with Crippen molar-refractivity contribution in [1.82, 2.24) is 14.7 Å². The Labute approximate surface area is 184 Å². The van der Waals surface area contributed by atoms with Gasteiger partial charge in [0.25, 0.3) is 0 Å². The normalized spacial score (nSPS) is 19.5. The van der Waals surface area contributed by atoms with E-state index in [4.69, 9.17) is 9.47 Å². The molecule has 30 heavy (non-hydrogen) atoms. The number of piperazine rings is 1. The number of likely N-dealkylation sites (tertiary alicyclic amines) is 1. The van der Waals surface area contributed by atoms with E-state index in [9.17, 15) is 9.59 Å². The van der Waals surface area contributed by atoms with Crippen LogP contribution in [-0.4, -0.2) is 85.5 Å². The van der Waals surface area contributed by atoms with Crippen LogP contribution in [0.1, 0.15) is 24.8 Å². The molecule has 0 atom stereocenters. The summed E-state index contributed by atoms with van der Waals surface area (Å²) in [4.78, 5) is 30.8. The van der Waals surface area contributed by atoms with E-state index >= 15 is 0 Å². The average molecular weight is 436 g/mol. The SMILES string of the molecule is Cl.O=C(C=Cc1ccc2c(c1)OCCCO2)N1CCN(CC(=O)N2CCCC2)CC1. The van der Waals surface area contributed by atoms with E-state index in [2.05, 4.69) is 4.90 Å². The molecule has 0 aromatic heterocycles. The summed E-state index contributed by atoms with van der Waals surface area (Å²) in [7, 11) is 0. The van der Waals surface area contributed by atoms with Crippen LogP contribution < -0.4 is 9.47 Å². The van der Waals surface area contributed by atoms with E-state index in [1.54, 1.807) is 6.08 Å². The van der Waals surface area contributed by atoms with Crippen molar-refractivity contribution in [1.29, 1.82) is 0 Å². The van der Waals surface area contributed by atoms with E-state index in [0.717, 1.165) is 62.5 Å². The molecule has 2 fully saturated rings. The van der Waals surface area contributed by atoms with E-state index < -0.39 is 0 Å². The van der Waals surface area contributed by atoms with Gasteiger partial charge in [-0.3, -0.25) is 14.5 Å². The molecule has 164 valence electrons. The highest BCUT2D eigenvalue weighted by Gasteiger charge is 2.24. The molecule has 0 unspecified atom stereocenters. The molecule has 0 aliphatic carbocycles. The maximum absolute atomic E-state index is 12.5. The van der Waals surface area contributed by atoms with Gasteiger partial charge in [0, 0.05) is 51.8 Å². The number of fused-ring (bicyclic) bond motifs is 1. The molecule has 2 saturated heterocycles. The maximum atomic E-state index is 12.5. The largest absolute Gasteiger partial charge is 0.490 e. The summed E-state index contributed by atoms with van der Waals surface area (Å²) in [5.41, 5.74) is 0.914. The van der Waals surface area contributed by atoms with Crippen LogP contribution in [0.4, 0.5) is 0 Å². The highest BCUT2D eigenvalue weighted by atomic mass is 35.5. The molecule has 3 aliphatic heterocycles. The highest BCUT2D eigenvalue weighted by Crippen LogP contribution is 2.30. The van der Waals surface area contributed by atoms with Crippen molar-refractivity contribution in [2.45, 2.75) is 19.3 Å². The third-order valence-corrected chi connectivity index (χ3v) is 5.69. The zero-order valence-corrected chi connectivity index (χ0v) is 18.1. The number of carbonyl (C=O) groups excluding carboxylic acids is 2. The summed E-state index contributed by atoms with van der Waals surface area (Å²) in [6, 6.07) is 5.73. The Hall–Kier alpha value is -2.25. The molecule has 0 spiro atoms. The van der Waals surface area contributed by atoms with E-state index in [-0.39, 0.29) is 24.2 Å². The van der Waals surface area contributed by atoms with Crippen LogP contribution in [0.25, 0.3) is 6.08 Å². The Morgan fingerprint density at radius 1 is 0.867 bits per heavy atom. The van der Waals surface area contributed by atoms with Gasteiger partial charge in [0.2, 0.25) is 11.8 Å². The fraction of sp³-hybridized carbons (Fsp3) is 0.545. The molecule has 1 aromatic rings. The Morgan fingerprint density at radius 2 is 1.57 bits per heavy atom. The van der Waals surface area contributed by atoms with Crippen molar-refractivity contribution in [3.8, 4) is 11.5 Å². The Balaban J connectivity index is 0.00000256. The molecule has 0 radical (unpaired) electrons. The first kappa shape index (κ1) is 22.4. The third kappa shape index (κ3) is 5.67. The zero-order chi connectivity index (χ0) is 20.1. The molecule has 1 aromatic carbocycles. The lowest BCUT2D eigenvalue weighted by atomic mass is 10.2. The number of halogens is 1. The van der Waals surface area contributed by atoms with Gasteiger partial charge in [-0.2, -0.15) is 0 Å². The fourth-order valence-electron chi connectivity index (χ4n) is 3.94. The van der Waals surface area contributed by atoms with Gasteiger partial charge < -0.3 is 19.3 Å². The van der Waals surface area contributed by atoms with E-state index in [0.29, 0.717) is 32.8 Å². The predicted octanol–water partition coefficient (Wildman–Crippen LogP) is 2.05. The molecule has 0 N–H and O–H groups in total. The van der Waals surface area contributed by atoms with Crippen LogP contribution in [0, 0.1) is 0 Å². The average Bonchev–Trinajstić information content (AvgIpc) is 3.19. The first-order valence-electron chi connectivity index (χ1n) is 10.6. The van der Waals surface area contributed by atoms with Gasteiger partial charge in [0.05, 0.1) is 19.8 Å². The number of hydrogen-bond acceptors (Lipinski definition) is 5. The minimum Gasteiger partial charge on any atom is -0.490 e. The first-order valence-corrected chi connectivity index (χ1v) is 10.6. The fourth-order valence-corrected chi connectivity index (χ4v) is 3.94. The van der Waals surface area contributed by atoms with Gasteiger partial charge in [-0.15, -0.1) is 12.4 Å². The predicted molar refractivity (Wildman–Crippen MR) is 117 cm³/mol. The molecule has 7 nitrogen and oxygen atoms in total. The van der Waals surface area contributed by atoms with Crippen molar-refractivity contribution in [2.24, 2.45) is 0 Å². The molecule has 4 rings (SSSR count). The van der Waals surface area contributed by atoms with Gasteiger partial charge in [-0.25, -0.2) is 0 Å². The molecule has 3 aliphatic rings. The van der Waals surface area contributed by atoms with Crippen molar-refractivity contribution in [3.05, 3.63) is 29.8 Å². The summed E-state index contributed by atoms with van der Waals surface area (Å²) in [5, 5.41) is 0. The van der Waals surface area contributed by atoms with Gasteiger partial charge in [-0.1, -0.05) is 6.07 Å². The van der Waals surface area contributed by atoms with Crippen LogP contribution in [0.5, 0.6) is 11.5 Å². The quantitative estimate of drug-likeness (QED) is 0.677. The van der Waals surface area contributed by atoms with Gasteiger partial charge >= 0.3 is 0 Å². The van der Waals surface area contributed by atoms with Crippen LogP contribution in [-0.2, 0) is 9.59 Å².